The van der Waals surface area contributed by atoms with Gasteiger partial charge in [-0.1, -0.05) is 31.9 Å². The van der Waals surface area contributed by atoms with Gasteiger partial charge in [-0.25, -0.2) is 5.43 Å². The quantitative estimate of drug-likeness (QED) is 0.213. The summed E-state index contributed by atoms with van der Waals surface area (Å²) in [6.07, 6.45) is 1.38. The lowest BCUT2D eigenvalue weighted by Crippen LogP contribution is -2.16. The fourth-order valence-electron chi connectivity index (χ4n) is 2.09. The summed E-state index contributed by atoms with van der Waals surface area (Å²) in [7, 11) is 0. The number of hydrogen-bond acceptors (Lipinski definition) is 4. The Morgan fingerprint density at radius 3 is 2.56 bits per heavy atom. The van der Waals surface area contributed by atoms with Crippen molar-refractivity contribution in [2.24, 2.45) is 5.10 Å². The van der Waals surface area contributed by atoms with Gasteiger partial charge < -0.3 is 9.52 Å². The number of aromatic hydroxyl groups is 1. The molecule has 1 aromatic heterocycles. The highest BCUT2D eigenvalue weighted by Gasteiger charge is 2.14. The molecule has 2 aromatic carbocycles. The minimum absolute atomic E-state index is 0.102. The summed E-state index contributed by atoms with van der Waals surface area (Å²) in [5, 5.41) is 14.7. The second-order valence-electron chi connectivity index (χ2n) is 4.94. The normalized spacial score (nSPS) is 11.4. The highest BCUT2D eigenvalue weighted by Crippen LogP contribution is 2.29. The molecular formula is C16H8Br2I2N2O3. The molecule has 0 aliphatic carbocycles. The van der Waals surface area contributed by atoms with E-state index in [9.17, 15) is 9.90 Å². The number of furan rings is 1. The second kappa shape index (κ2) is 7.92. The number of benzene rings is 2. The molecule has 0 fully saturated rings. The molecule has 0 atom stereocenters. The Labute approximate surface area is 186 Å². The third-order valence-electron chi connectivity index (χ3n) is 3.19. The van der Waals surface area contributed by atoms with Crippen LogP contribution in [0.1, 0.15) is 16.1 Å². The summed E-state index contributed by atoms with van der Waals surface area (Å²) < 4.78 is 8.90. The Bertz CT molecular complexity index is 1020. The van der Waals surface area contributed by atoms with E-state index >= 15 is 0 Å². The predicted molar refractivity (Wildman–Crippen MR) is 120 cm³/mol. The van der Waals surface area contributed by atoms with Crippen LogP contribution in [0, 0.1) is 7.14 Å². The van der Waals surface area contributed by atoms with Crippen LogP contribution in [0.3, 0.4) is 0 Å². The van der Waals surface area contributed by atoms with Crippen LogP contribution < -0.4 is 5.43 Å². The van der Waals surface area contributed by atoms with Gasteiger partial charge in [-0.05, 0) is 75.5 Å². The SMILES string of the molecule is O=C(N/N=C\c1cc(Br)cc(I)c1O)c1cc2cc(Br)cc(I)c2o1. The number of nitrogens with zero attached hydrogens (tertiary/aromatic N) is 1. The molecule has 2 N–H and O–H groups in total. The summed E-state index contributed by atoms with van der Waals surface area (Å²) in [5.74, 6) is -0.204. The first kappa shape index (κ1) is 19.1. The molecule has 0 aliphatic rings. The van der Waals surface area contributed by atoms with E-state index in [-0.39, 0.29) is 11.5 Å². The highest BCUT2D eigenvalue weighted by molar-refractivity contribution is 14.1. The molecular weight excluding hydrogens is 682 g/mol. The third-order valence-corrected chi connectivity index (χ3v) is 5.73. The lowest BCUT2D eigenvalue weighted by molar-refractivity contribution is 0.0929. The number of phenols is 1. The molecule has 9 heteroatoms. The Balaban J connectivity index is 1.80. The summed E-state index contributed by atoms with van der Waals surface area (Å²) in [6, 6.07) is 8.92. The summed E-state index contributed by atoms with van der Waals surface area (Å²) in [4.78, 5) is 12.2. The molecule has 0 aliphatic heterocycles. The number of amides is 1. The maximum atomic E-state index is 12.2. The van der Waals surface area contributed by atoms with Crippen molar-refractivity contribution in [2.75, 3.05) is 0 Å². The Morgan fingerprint density at radius 1 is 1.12 bits per heavy atom. The van der Waals surface area contributed by atoms with Crippen molar-refractivity contribution in [3.63, 3.8) is 0 Å². The van der Waals surface area contributed by atoms with E-state index in [0.29, 0.717) is 14.7 Å². The van der Waals surface area contributed by atoms with Crippen molar-refractivity contribution in [2.45, 2.75) is 0 Å². The zero-order chi connectivity index (χ0) is 18.1. The molecule has 1 heterocycles. The first-order chi connectivity index (χ1) is 11.8. The Hall–Kier alpha value is -0.660. The lowest BCUT2D eigenvalue weighted by Gasteiger charge is -2.02. The van der Waals surface area contributed by atoms with Gasteiger partial charge >= 0.3 is 5.91 Å². The van der Waals surface area contributed by atoms with Crippen LogP contribution >= 0.6 is 77.0 Å². The molecule has 0 bridgehead atoms. The maximum Gasteiger partial charge on any atom is 0.307 e. The third kappa shape index (κ3) is 4.37. The molecule has 0 unspecified atom stereocenters. The lowest BCUT2D eigenvalue weighted by atomic mass is 10.2. The van der Waals surface area contributed by atoms with Crippen LogP contribution in [-0.4, -0.2) is 17.2 Å². The van der Waals surface area contributed by atoms with E-state index in [1.807, 2.05) is 34.7 Å². The van der Waals surface area contributed by atoms with Gasteiger partial charge in [-0.15, -0.1) is 0 Å². The first-order valence-electron chi connectivity index (χ1n) is 6.75. The predicted octanol–water partition coefficient (Wildman–Crippen LogP) is 5.64. The van der Waals surface area contributed by atoms with Crippen molar-refractivity contribution in [1.82, 2.24) is 5.43 Å². The fourth-order valence-corrected chi connectivity index (χ4v) is 5.30. The molecule has 5 nitrogen and oxygen atoms in total. The summed E-state index contributed by atoms with van der Waals surface area (Å²) >= 11 is 10.9. The number of carbonyl (C=O) groups excluding carboxylic acids is 1. The number of fused-ring (bicyclic) bond motifs is 1. The summed E-state index contributed by atoms with van der Waals surface area (Å²) in [5.41, 5.74) is 3.54. The van der Waals surface area contributed by atoms with Gasteiger partial charge in [0, 0.05) is 19.9 Å². The molecule has 0 radical (unpaired) electrons. The standard InChI is InChI=1S/C16H8Br2I2N2O3/c17-9-1-7-3-13(25-15(7)12(20)5-9)16(24)22-21-6-8-2-10(18)4-11(19)14(8)23/h1-6,23H,(H,22,24)/b21-6-. The van der Waals surface area contributed by atoms with Gasteiger partial charge in [0.25, 0.3) is 0 Å². The molecule has 3 rings (SSSR count). The van der Waals surface area contributed by atoms with Crippen LogP contribution in [0.4, 0.5) is 0 Å². The van der Waals surface area contributed by atoms with Gasteiger partial charge in [0.15, 0.2) is 5.76 Å². The average Bonchev–Trinajstić information content (AvgIpc) is 2.96. The Kier molecular flexibility index (Phi) is 6.06. The van der Waals surface area contributed by atoms with Gasteiger partial charge in [0.2, 0.25) is 0 Å². The van der Waals surface area contributed by atoms with E-state index in [0.717, 1.165) is 17.9 Å². The first-order valence-corrected chi connectivity index (χ1v) is 10.5. The molecule has 0 spiro atoms. The number of halogens is 4. The van der Waals surface area contributed by atoms with Crippen LogP contribution in [0.2, 0.25) is 0 Å². The van der Waals surface area contributed by atoms with E-state index in [4.69, 9.17) is 4.42 Å². The van der Waals surface area contributed by atoms with Gasteiger partial charge in [-0.2, -0.15) is 5.10 Å². The smallest absolute Gasteiger partial charge is 0.307 e. The van der Waals surface area contributed by atoms with Gasteiger partial charge in [0.1, 0.15) is 11.3 Å². The van der Waals surface area contributed by atoms with E-state index in [2.05, 4.69) is 65.0 Å². The number of nitrogens with one attached hydrogen (secondary N) is 1. The van der Waals surface area contributed by atoms with Crippen LogP contribution in [0.25, 0.3) is 11.0 Å². The van der Waals surface area contributed by atoms with Crippen LogP contribution in [0.15, 0.2) is 48.8 Å². The average molecular weight is 690 g/mol. The summed E-state index contributed by atoms with van der Waals surface area (Å²) in [6.45, 7) is 0. The molecule has 0 saturated heterocycles. The number of phenolic OH excluding ortho intramolecular Hbond substituents is 1. The Morgan fingerprint density at radius 2 is 1.80 bits per heavy atom. The van der Waals surface area contributed by atoms with Crippen molar-refractivity contribution in [1.29, 1.82) is 0 Å². The van der Waals surface area contributed by atoms with Crippen molar-refractivity contribution in [3.05, 3.63) is 57.7 Å². The zero-order valence-corrected chi connectivity index (χ0v) is 19.7. The molecule has 25 heavy (non-hydrogen) atoms. The van der Waals surface area contributed by atoms with E-state index < -0.39 is 5.91 Å². The largest absolute Gasteiger partial charge is 0.506 e. The maximum absolute atomic E-state index is 12.2. The minimum atomic E-state index is -0.469. The second-order valence-corrected chi connectivity index (χ2v) is 9.10. The van der Waals surface area contributed by atoms with Gasteiger partial charge in [0.05, 0.1) is 13.4 Å². The minimum Gasteiger partial charge on any atom is -0.506 e. The van der Waals surface area contributed by atoms with Crippen LogP contribution in [-0.2, 0) is 0 Å². The number of hydrazone groups is 1. The molecule has 1 amide bonds. The number of rotatable bonds is 3. The molecule has 0 saturated carbocycles. The number of hydrogen-bond donors (Lipinski definition) is 2. The highest BCUT2D eigenvalue weighted by atomic mass is 127. The van der Waals surface area contributed by atoms with Gasteiger partial charge in [-0.3, -0.25) is 4.79 Å². The topological polar surface area (TPSA) is 74.8 Å². The van der Waals surface area contributed by atoms with Crippen molar-refractivity contribution >= 4 is 100 Å². The number of carbonyl (C=O) groups is 1. The molecule has 3 aromatic rings. The van der Waals surface area contributed by atoms with Crippen molar-refractivity contribution in [3.8, 4) is 5.75 Å². The van der Waals surface area contributed by atoms with E-state index in [1.165, 1.54) is 6.21 Å². The monoisotopic (exact) mass is 688 g/mol. The zero-order valence-electron chi connectivity index (χ0n) is 12.2. The van der Waals surface area contributed by atoms with E-state index in [1.54, 1.807) is 18.2 Å². The fraction of sp³-hybridized carbons (Fsp3) is 0. The van der Waals surface area contributed by atoms with Crippen LogP contribution in [0.5, 0.6) is 5.75 Å². The molecule has 128 valence electrons. The van der Waals surface area contributed by atoms with Crippen molar-refractivity contribution < 1.29 is 14.3 Å².